The molecule has 98 valence electrons. The van der Waals surface area contributed by atoms with E-state index in [0.717, 1.165) is 32.4 Å². The first kappa shape index (κ1) is 11.5. The van der Waals surface area contributed by atoms with Gasteiger partial charge in [-0.3, -0.25) is 14.7 Å². The molecule has 1 amide bonds. The van der Waals surface area contributed by atoms with Crippen LogP contribution in [0.3, 0.4) is 0 Å². The van der Waals surface area contributed by atoms with Gasteiger partial charge < -0.3 is 5.32 Å². The normalized spacial score (nSPS) is 28.0. The molecule has 3 heterocycles. The van der Waals surface area contributed by atoms with Gasteiger partial charge in [0.25, 0.3) is 5.91 Å². The Morgan fingerprint density at radius 1 is 1.33 bits per heavy atom. The minimum absolute atomic E-state index is 0.0649. The SMILES string of the molecule is O=C(N[C@H]1CCCN2CCC[C@@H]12)c1n[nH]c(=O)[nH]1. The van der Waals surface area contributed by atoms with E-state index >= 15 is 0 Å². The van der Waals surface area contributed by atoms with Gasteiger partial charge in [-0.25, -0.2) is 9.89 Å². The third-order valence-electron chi connectivity index (χ3n) is 3.87. The molecule has 2 fully saturated rings. The molecule has 1 aromatic heterocycles. The smallest absolute Gasteiger partial charge is 0.341 e. The number of fused-ring (bicyclic) bond motifs is 1. The molecule has 0 saturated carbocycles. The molecule has 0 unspecified atom stereocenters. The van der Waals surface area contributed by atoms with Crippen molar-refractivity contribution >= 4 is 5.91 Å². The number of H-pyrrole nitrogens is 2. The van der Waals surface area contributed by atoms with Crippen LogP contribution in [0.15, 0.2) is 4.79 Å². The van der Waals surface area contributed by atoms with Gasteiger partial charge in [-0.05, 0) is 38.8 Å². The number of aromatic amines is 2. The quantitative estimate of drug-likeness (QED) is 0.657. The molecule has 7 heteroatoms. The Bertz CT molecular complexity index is 494. The molecule has 18 heavy (non-hydrogen) atoms. The van der Waals surface area contributed by atoms with Crippen LogP contribution in [-0.2, 0) is 0 Å². The van der Waals surface area contributed by atoms with Crippen molar-refractivity contribution in [1.82, 2.24) is 25.4 Å². The van der Waals surface area contributed by atoms with Crippen molar-refractivity contribution in [2.45, 2.75) is 37.8 Å². The van der Waals surface area contributed by atoms with Gasteiger partial charge >= 0.3 is 5.69 Å². The molecule has 0 spiro atoms. The van der Waals surface area contributed by atoms with Crippen LogP contribution in [0.4, 0.5) is 0 Å². The fourth-order valence-corrected chi connectivity index (χ4v) is 3.07. The highest BCUT2D eigenvalue weighted by molar-refractivity contribution is 5.90. The predicted molar refractivity (Wildman–Crippen MR) is 64.3 cm³/mol. The summed E-state index contributed by atoms with van der Waals surface area (Å²) in [5.74, 6) is -0.234. The van der Waals surface area contributed by atoms with Crippen molar-refractivity contribution in [3.8, 4) is 0 Å². The van der Waals surface area contributed by atoms with Gasteiger partial charge in [0.05, 0.1) is 0 Å². The molecular formula is C11H17N5O2. The number of carbonyl (C=O) groups excluding carboxylic acids is 1. The number of amides is 1. The summed E-state index contributed by atoms with van der Waals surface area (Å²) >= 11 is 0. The number of nitrogens with one attached hydrogen (secondary N) is 3. The first-order valence-corrected chi connectivity index (χ1v) is 6.43. The lowest BCUT2D eigenvalue weighted by molar-refractivity contribution is 0.0858. The Morgan fingerprint density at radius 2 is 2.11 bits per heavy atom. The fourth-order valence-electron chi connectivity index (χ4n) is 3.07. The average molecular weight is 251 g/mol. The molecule has 3 N–H and O–H groups in total. The molecular weight excluding hydrogens is 234 g/mol. The Morgan fingerprint density at radius 3 is 2.83 bits per heavy atom. The second-order valence-corrected chi connectivity index (χ2v) is 4.99. The monoisotopic (exact) mass is 251 g/mol. The molecule has 2 aliphatic heterocycles. The molecule has 0 radical (unpaired) electrons. The minimum atomic E-state index is -0.453. The van der Waals surface area contributed by atoms with Crippen molar-refractivity contribution in [1.29, 1.82) is 0 Å². The molecule has 2 aliphatic rings. The van der Waals surface area contributed by atoms with E-state index in [4.69, 9.17) is 0 Å². The minimum Gasteiger partial charge on any atom is -0.345 e. The summed E-state index contributed by atoms with van der Waals surface area (Å²) in [7, 11) is 0. The summed E-state index contributed by atoms with van der Waals surface area (Å²) in [6, 6.07) is 0.627. The van der Waals surface area contributed by atoms with Crippen LogP contribution < -0.4 is 11.0 Å². The fraction of sp³-hybridized carbons (Fsp3) is 0.727. The number of carbonyl (C=O) groups is 1. The molecule has 7 nitrogen and oxygen atoms in total. The summed E-state index contributed by atoms with van der Waals surface area (Å²) in [6.45, 7) is 2.27. The zero-order chi connectivity index (χ0) is 12.5. The highest BCUT2D eigenvalue weighted by Gasteiger charge is 2.35. The molecule has 1 aromatic rings. The summed E-state index contributed by atoms with van der Waals surface area (Å²) in [6.07, 6.45) is 4.46. The number of hydrogen-bond acceptors (Lipinski definition) is 4. The van der Waals surface area contributed by atoms with E-state index in [2.05, 4.69) is 25.4 Å². The van der Waals surface area contributed by atoms with Gasteiger partial charge in [0.1, 0.15) is 0 Å². The molecule has 0 aliphatic carbocycles. The van der Waals surface area contributed by atoms with E-state index < -0.39 is 5.69 Å². The topological polar surface area (TPSA) is 93.9 Å². The van der Waals surface area contributed by atoms with Gasteiger partial charge in [-0.15, -0.1) is 5.10 Å². The molecule has 2 atom stereocenters. The van der Waals surface area contributed by atoms with Gasteiger partial charge in [0, 0.05) is 12.1 Å². The summed E-state index contributed by atoms with van der Waals surface area (Å²) in [5.41, 5.74) is -0.453. The van der Waals surface area contributed by atoms with Crippen LogP contribution in [0.5, 0.6) is 0 Å². The Kier molecular flexibility index (Phi) is 2.91. The lowest BCUT2D eigenvalue weighted by Crippen LogP contribution is -2.52. The van der Waals surface area contributed by atoms with Crippen LogP contribution in [-0.4, -0.2) is 51.2 Å². The van der Waals surface area contributed by atoms with Crippen molar-refractivity contribution in [2.75, 3.05) is 13.1 Å². The molecule has 0 aromatic carbocycles. The van der Waals surface area contributed by atoms with Crippen LogP contribution in [0, 0.1) is 0 Å². The second kappa shape index (κ2) is 4.56. The lowest BCUT2D eigenvalue weighted by atomic mass is 9.96. The maximum Gasteiger partial charge on any atom is 0.341 e. The van der Waals surface area contributed by atoms with Crippen LogP contribution in [0.1, 0.15) is 36.3 Å². The van der Waals surface area contributed by atoms with Crippen molar-refractivity contribution in [3.63, 3.8) is 0 Å². The number of rotatable bonds is 2. The van der Waals surface area contributed by atoms with E-state index in [1.165, 1.54) is 6.42 Å². The highest BCUT2D eigenvalue weighted by Crippen LogP contribution is 2.27. The van der Waals surface area contributed by atoms with Crippen molar-refractivity contribution in [2.24, 2.45) is 0 Å². The van der Waals surface area contributed by atoms with E-state index in [-0.39, 0.29) is 17.8 Å². The van der Waals surface area contributed by atoms with E-state index in [0.29, 0.717) is 6.04 Å². The Labute approximate surface area is 104 Å². The molecule has 2 saturated heterocycles. The standard InChI is InChI=1S/C11H17N5O2/c17-10(9-13-11(18)15-14-9)12-7-3-1-5-16-6-2-4-8(7)16/h7-8H,1-6H2,(H,12,17)(H2,13,14,15,18)/t7-,8-/m0/s1. The second-order valence-electron chi connectivity index (χ2n) is 4.99. The van der Waals surface area contributed by atoms with Crippen LogP contribution in [0.25, 0.3) is 0 Å². The summed E-state index contributed by atoms with van der Waals surface area (Å²) in [5, 5.41) is 8.84. The van der Waals surface area contributed by atoms with Gasteiger partial charge in [-0.2, -0.15) is 0 Å². The first-order chi connectivity index (χ1) is 8.74. The van der Waals surface area contributed by atoms with Gasteiger partial charge in [0.2, 0.25) is 5.82 Å². The summed E-state index contributed by atoms with van der Waals surface area (Å²) in [4.78, 5) is 27.7. The van der Waals surface area contributed by atoms with Crippen molar-refractivity contribution in [3.05, 3.63) is 16.3 Å². The Hall–Kier alpha value is -1.63. The third-order valence-corrected chi connectivity index (χ3v) is 3.87. The Balaban J connectivity index is 1.68. The van der Waals surface area contributed by atoms with E-state index in [1.54, 1.807) is 0 Å². The highest BCUT2D eigenvalue weighted by atomic mass is 16.2. The third kappa shape index (κ3) is 2.05. The van der Waals surface area contributed by atoms with Crippen LogP contribution in [0.2, 0.25) is 0 Å². The predicted octanol–water partition coefficient (Wildman–Crippen LogP) is -0.545. The number of hydrogen-bond donors (Lipinski definition) is 3. The molecule has 0 bridgehead atoms. The molecule has 3 rings (SSSR count). The maximum absolute atomic E-state index is 11.9. The number of aromatic nitrogens is 3. The van der Waals surface area contributed by atoms with E-state index in [1.807, 2.05) is 0 Å². The van der Waals surface area contributed by atoms with Gasteiger partial charge in [-0.1, -0.05) is 0 Å². The summed E-state index contributed by atoms with van der Waals surface area (Å²) < 4.78 is 0. The lowest BCUT2D eigenvalue weighted by Gasteiger charge is -2.36. The number of piperidine rings is 1. The zero-order valence-electron chi connectivity index (χ0n) is 10.1. The van der Waals surface area contributed by atoms with Crippen molar-refractivity contribution < 1.29 is 4.79 Å². The first-order valence-electron chi connectivity index (χ1n) is 6.43. The average Bonchev–Trinajstić information content (AvgIpc) is 2.97. The largest absolute Gasteiger partial charge is 0.345 e. The zero-order valence-corrected chi connectivity index (χ0v) is 10.1. The number of nitrogens with zero attached hydrogens (tertiary/aromatic N) is 2. The van der Waals surface area contributed by atoms with Crippen LogP contribution >= 0.6 is 0 Å². The maximum atomic E-state index is 11.9. The van der Waals surface area contributed by atoms with Gasteiger partial charge in [0.15, 0.2) is 0 Å². The van der Waals surface area contributed by atoms with E-state index in [9.17, 15) is 9.59 Å².